The number of rotatable bonds is 6. The van der Waals surface area contributed by atoms with Crippen LogP contribution in [-0.2, 0) is 22.5 Å². The number of carbonyl (C=O) groups is 4. The van der Waals surface area contributed by atoms with Crippen molar-refractivity contribution in [1.29, 1.82) is 0 Å². The Balaban J connectivity index is 1.29. The number of hydrogen-bond acceptors (Lipinski definition) is 8. The van der Waals surface area contributed by atoms with Crippen molar-refractivity contribution in [2.24, 2.45) is 0 Å². The van der Waals surface area contributed by atoms with Crippen LogP contribution in [0.2, 0.25) is 0 Å². The second kappa shape index (κ2) is 9.90. The molecular weight excluding hydrogens is 478 g/mol. The average molecular weight is 499 g/mol. The summed E-state index contributed by atoms with van der Waals surface area (Å²) in [6.45, 7) is 0.296. The number of esters is 1. The largest absolute Gasteiger partial charge is 0.486 e. The monoisotopic (exact) mass is 499 g/mol. The van der Waals surface area contributed by atoms with Gasteiger partial charge < -0.3 is 25.1 Å². The predicted molar refractivity (Wildman–Crippen MR) is 131 cm³/mol. The number of nitrogens with one attached hydrogen (secondary N) is 3. The van der Waals surface area contributed by atoms with Gasteiger partial charge in [-0.2, -0.15) is 0 Å². The molecule has 11 nitrogen and oxygen atoms in total. The highest BCUT2D eigenvalue weighted by Gasteiger charge is 2.20. The first-order valence-corrected chi connectivity index (χ1v) is 11.3. The molecule has 0 saturated heterocycles. The van der Waals surface area contributed by atoms with Crippen LogP contribution in [0.5, 0.6) is 5.75 Å². The maximum atomic E-state index is 12.9. The Labute approximate surface area is 210 Å². The van der Waals surface area contributed by atoms with Crippen LogP contribution in [0.15, 0.2) is 55.0 Å². The first-order valence-electron chi connectivity index (χ1n) is 11.3. The lowest BCUT2D eigenvalue weighted by Crippen LogP contribution is -2.25. The zero-order valence-corrected chi connectivity index (χ0v) is 19.7. The summed E-state index contributed by atoms with van der Waals surface area (Å²) in [7, 11) is 1.28. The lowest BCUT2D eigenvalue weighted by atomic mass is 10.0. The molecule has 186 valence electrons. The second-order valence-electron chi connectivity index (χ2n) is 8.30. The predicted octanol–water partition coefficient (Wildman–Crippen LogP) is 2.43. The number of anilines is 1. The van der Waals surface area contributed by atoms with Crippen LogP contribution in [-0.4, -0.2) is 52.2 Å². The molecule has 2 aromatic heterocycles. The van der Waals surface area contributed by atoms with Crippen molar-refractivity contribution in [3.05, 3.63) is 82.9 Å². The Kier molecular flexibility index (Phi) is 6.33. The minimum atomic E-state index is -0.498. The molecule has 3 heterocycles. The van der Waals surface area contributed by atoms with Gasteiger partial charge >= 0.3 is 5.97 Å². The van der Waals surface area contributed by atoms with Gasteiger partial charge in [-0.25, -0.2) is 14.8 Å². The highest BCUT2D eigenvalue weighted by atomic mass is 16.5. The molecule has 3 N–H and O–H groups in total. The maximum absolute atomic E-state index is 12.9. The van der Waals surface area contributed by atoms with E-state index >= 15 is 0 Å². The number of H-pyrrole nitrogens is 1. The number of carbonyl (C=O) groups excluding carboxylic acids is 4. The first kappa shape index (κ1) is 23.7. The summed E-state index contributed by atoms with van der Waals surface area (Å²) < 4.78 is 10.1. The van der Waals surface area contributed by atoms with E-state index in [0.29, 0.717) is 40.0 Å². The Morgan fingerprint density at radius 2 is 1.84 bits per heavy atom. The van der Waals surface area contributed by atoms with Crippen molar-refractivity contribution in [2.45, 2.75) is 13.0 Å². The third-order valence-electron chi connectivity index (χ3n) is 5.85. The third kappa shape index (κ3) is 4.87. The van der Waals surface area contributed by atoms with E-state index in [9.17, 15) is 19.2 Å². The summed E-state index contributed by atoms with van der Waals surface area (Å²) in [5, 5.41) is 5.57. The molecule has 1 aliphatic heterocycles. The van der Waals surface area contributed by atoms with Crippen molar-refractivity contribution in [3.63, 3.8) is 0 Å². The minimum Gasteiger partial charge on any atom is -0.486 e. The smallest absolute Gasteiger partial charge is 0.337 e. The summed E-state index contributed by atoms with van der Waals surface area (Å²) >= 11 is 0. The quantitative estimate of drug-likeness (QED) is 0.342. The van der Waals surface area contributed by atoms with Gasteiger partial charge in [-0.15, -0.1) is 0 Å². The van der Waals surface area contributed by atoms with Crippen LogP contribution in [0.4, 0.5) is 5.69 Å². The van der Waals surface area contributed by atoms with Crippen molar-refractivity contribution < 1.29 is 28.7 Å². The molecule has 0 unspecified atom stereocenters. The molecule has 0 spiro atoms. The van der Waals surface area contributed by atoms with E-state index in [2.05, 4.69) is 30.3 Å². The van der Waals surface area contributed by atoms with Gasteiger partial charge in [0.05, 0.1) is 23.9 Å². The maximum Gasteiger partial charge on any atom is 0.337 e. The van der Waals surface area contributed by atoms with E-state index in [1.165, 1.54) is 43.9 Å². The van der Waals surface area contributed by atoms with Crippen LogP contribution in [0.25, 0.3) is 11.0 Å². The highest BCUT2D eigenvalue weighted by Crippen LogP contribution is 2.25. The van der Waals surface area contributed by atoms with Crippen LogP contribution < -0.4 is 15.4 Å². The van der Waals surface area contributed by atoms with Gasteiger partial charge in [0.25, 0.3) is 11.8 Å². The number of fused-ring (bicyclic) bond motifs is 2. The zero-order chi connectivity index (χ0) is 25.9. The highest BCUT2D eigenvalue weighted by molar-refractivity contribution is 6.11. The molecule has 2 amide bonds. The molecular formula is C26H21N5O6. The molecule has 0 saturated carbocycles. The SMILES string of the molecule is COC(=O)c1ccc(C(=O)Nc2c[nH]c3c(C(=O)NCc4ccc5c(c4)CC(=O)CO5)ncnc23)cc1. The lowest BCUT2D eigenvalue weighted by molar-refractivity contribution is -0.121. The van der Waals surface area contributed by atoms with Gasteiger partial charge in [-0.05, 0) is 42.0 Å². The number of ketones is 1. The van der Waals surface area contributed by atoms with Gasteiger partial charge in [-0.1, -0.05) is 6.07 Å². The number of ether oxygens (including phenoxy) is 2. The number of amides is 2. The number of benzene rings is 2. The summed E-state index contributed by atoms with van der Waals surface area (Å²) in [6.07, 6.45) is 3.07. The fraction of sp³-hybridized carbons (Fsp3) is 0.154. The second-order valence-corrected chi connectivity index (χ2v) is 8.30. The van der Waals surface area contributed by atoms with Crippen molar-refractivity contribution in [3.8, 4) is 5.75 Å². The molecule has 5 rings (SSSR count). The fourth-order valence-corrected chi connectivity index (χ4v) is 3.99. The molecule has 0 bridgehead atoms. The van der Waals surface area contributed by atoms with Crippen LogP contribution >= 0.6 is 0 Å². The van der Waals surface area contributed by atoms with Gasteiger partial charge in [0.15, 0.2) is 11.5 Å². The van der Waals surface area contributed by atoms with Gasteiger partial charge in [0.1, 0.15) is 24.2 Å². The molecule has 0 radical (unpaired) electrons. The van der Waals surface area contributed by atoms with Gasteiger partial charge in [0.2, 0.25) is 0 Å². The number of methoxy groups -OCH3 is 1. The minimum absolute atomic E-state index is 0.00455. The van der Waals surface area contributed by atoms with E-state index in [4.69, 9.17) is 4.74 Å². The third-order valence-corrected chi connectivity index (χ3v) is 5.85. The van der Waals surface area contributed by atoms with Crippen LogP contribution in [0, 0.1) is 0 Å². The Morgan fingerprint density at radius 3 is 2.62 bits per heavy atom. The molecule has 4 aromatic rings. The van der Waals surface area contributed by atoms with E-state index in [0.717, 1.165) is 11.1 Å². The number of nitrogens with zero attached hydrogens (tertiary/aromatic N) is 2. The molecule has 1 aliphatic rings. The van der Waals surface area contributed by atoms with Gasteiger partial charge in [0, 0.05) is 30.3 Å². The zero-order valence-electron chi connectivity index (χ0n) is 19.7. The normalized spacial score (nSPS) is 12.4. The first-order chi connectivity index (χ1) is 17.9. The molecule has 37 heavy (non-hydrogen) atoms. The van der Waals surface area contributed by atoms with E-state index in [1.54, 1.807) is 6.07 Å². The van der Waals surface area contributed by atoms with Crippen LogP contribution in [0.1, 0.15) is 42.3 Å². The van der Waals surface area contributed by atoms with E-state index in [1.807, 2.05) is 12.1 Å². The Hall–Kier alpha value is -5.06. The van der Waals surface area contributed by atoms with Crippen molar-refractivity contribution in [1.82, 2.24) is 20.3 Å². The van der Waals surface area contributed by atoms with Crippen molar-refractivity contribution in [2.75, 3.05) is 19.0 Å². The van der Waals surface area contributed by atoms with E-state index < -0.39 is 17.8 Å². The van der Waals surface area contributed by atoms with Gasteiger partial charge in [-0.3, -0.25) is 14.4 Å². The lowest BCUT2D eigenvalue weighted by Gasteiger charge is -2.17. The summed E-state index contributed by atoms with van der Waals surface area (Å²) in [5.74, 6) is -0.674. The molecule has 11 heteroatoms. The van der Waals surface area contributed by atoms with Crippen molar-refractivity contribution >= 4 is 40.3 Å². The van der Waals surface area contributed by atoms with E-state index in [-0.39, 0.29) is 24.6 Å². The summed E-state index contributed by atoms with van der Waals surface area (Å²) in [4.78, 5) is 60.1. The number of Topliss-reactive ketones (excluding diaryl/α,β-unsaturated/α-hetero) is 1. The summed E-state index contributed by atoms with van der Waals surface area (Å²) in [5.41, 5.74) is 3.46. The topological polar surface area (TPSA) is 152 Å². The molecule has 0 fully saturated rings. The Morgan fingerprint density at radius 1 is 1.05 bits per heavy atom. The molecule has 0 aliphatic carbocycles. The fourth-order valence-electron chi connectivity index (χ4n) is 3.99. The summed E-state index contributed by atoms with van der Waals surface area (Å²) in [6, 6.07) is 11.4. The number of aromatic amines is 1. The van der Waals surface area contributed by atoms with Crippen LogP contribution in [0.3, 0.4) is 0 Å². The standard InChI is InChI=1S/C26H21N5O6/c1-36-26(35)16-5-3-15(4-6-16)24(33)31-19-11-27-22-21(19)29-13-30-23(22)25(34)28-10-14-2-7-20-17(8-14)9-18(32)12-37-20/h2-8,11,13,27H,9-10,12H2,1H3,(H,28,34)(H,31,33). The Bertz CT molecular complexity index is 1540. The molecule has 0 atom stereocenters. The number of aromatic nitrogens is 3. The molecule has 2 aromatic carbocycles. The average Bonchev–Trinajstić information content (AvgIpc) is 3.33. The number of hydrogen-bond donors (Lipinski definition) is 3.